The minimum absolute atomic E-state index is 0.0887. The highest BCUT2D eigenvalue weighted by Crippen LogP contribution is 2.25. The first-order valence-corrected chi connectivity index (χ1v) is 14.3. The van der Waals surface area contributed by atoms with Crippen LogP contribution in [-0.2, 0) is 14.8 Å². The standard InChI is InChI=1S/C28H27N7O4S/c1-18(32-27(36)25-26(29)33-23-14-8-15-30-35(23)25)22-17-20-10-6-9-19(11-7-16-31-40(2,38)39)24(20)28(37)34(22)21-12-4-3-5-13-21/h3-6,8-10,12-15,17-18,23,25,31H,16H2,1-2H3,(H2,29,33)(H,32,36). The van der Waals surface area contributed by atoms with E-state index < -0.39 is 34.2 Å². The fourth-order valence-corrected chi connectivity index (χ4v) is 5.01. The van der Waals surface area contributed by atoms with Crippen LogP contribution in [0, 0.1) is 11.8 Å². The summed E-state index contributed by atoms with van der Waals surface area (Å²) in [5, 5.41) is 9.78. The fourth-order valence-electron chi connectivity index (χ4n) is 4.68. The number of fused-ring (bicyclic) bond motifs is 2. The maximum atomic E-state index is 14.0. The second-order valence-electron chi connectivity index (χ2n) is 9.34. The van der Waals surface area contributed by atoms with Gasteiger partial charge < -0.3 is 11.1 Å². The van der Waals surface area contributed by atoms with Crippen LogP contribution in [0.3, 0.4) is 0 Å². The highest BCUT2D eigenvalue weighted by molar-refractivity contribution is 7.88. The third kappa shape index (κ3) is 5.38. The lowest BCUT2D eigenvalue weighted by molar-refractivity contribution is -0.124. The van der Waals surface area contributed by atoms with Crippen molar-refractivity contribution in [3.8, 4) is 17.5 Å². The number of pyridine rings is 1. The van der Waals surface area contributed by atoms with E-state index in [1.54, 1.807) is 60.2 Å². The number of nitrogens with one attached hydrogen (secondary N) is 2. The van der Waals surface area contributed by atoms with Gasteiger partial charge in [0, 0.05) is 23.2 Å². The molecular weight excluding hydrogens is 530 g/mol. The molecule has 0 saturated carbocycles. The molecule has 5 rings (SSSR count). The largest absolute Gasteiger partial charge is 0.385 e. The van der Waals surface area contributed by atoms with Crippen LogP contribution in [0.15, 0.2) is 81.6 Å². The number of nitrogens with two attached hydrogens (primary N) is 1. The van der Waals surface area contributed by atoms with E-state index in [1.165, 1.54) is 5.01 Å². The zero-order valence-electron chi connectivity index (χ0n) is 21.8. The Morgan fingerprint density at radius 1 is 1.18 bits per heavy atom. The predicted molar refractivity (Wildman–Crippen MR) is 154 cm³/mol. The van der Waals surface area contributed by atoms with Crippen LogP contribution < -0.4 is 21.3 Å². The summed E-state index contributed by atoms with van der Waals surface area (Å²) in [6.07, 6.45) is 5.73. The Hall–Kier alpha value is -4.73. The van der Waals surface area contributed by atoms with E-state index in [0.717, 1.165) is 6.26 Å². The van der Waals surface area contributed by atoms with E-state index >= 15 is 0 Å². The molecule has 2 aliphatic heterocycles. The molecule has 11 nitrogen and oxygen atoms in total. The maximum Gasteiger partial charge on any atom is 0.264 e. The SMILES string of the molecule is CC(NC(=O)C1C(N)=NC2C=CC=NN21)c1cc2cccc(C#CCNS(C)(=O)=O)c2c(=O)n1-c1ccccc1. The molecule has 0 spiro atoms. The molecule has 1 amide bonds. The van der Waals surface area contributed by atoms with Gasteiger partial charge in [0.15, 0.2) is 12.2 Å². The fraction of sp³-hybridized carbons (Fsp3) is 0.214. The van der Waals surface area contributed by atoms with Gasteiger partial charge in [-0.25, -0.2) is 23.1 Å². The lowest BCUT2D eigenvalue weighted by Gasteiger charge is -2.27. The number of sulfonamides is 1. The summed E-state index contributed by atoms with van der Waals surface area (Å²) >= 11 is 0. The Kier molecular flexibility index (Phi) is 7.25. The van der Waals surface area contributed by atoms with E-state index in [2.05, 4.69) is 32.0 Å². The first-order valence-electron chi connectivity index (χ1n) is 12.4. The minimum Gasteiger partial charge on any atom is -0.385 e. The molecule has 3 atom stereocenters. The molecule has 0 aliphatic carbocycles. The molecule has 4 N–H and O–H groups in total. The molecule has 2 aliphatic rings. The Morgan fingerprint density at radius 3 is 2.70 bits per heavy atom. The average molecular weight is 558 g/mol. The molecule has 3 aromatic rings. The lowest BCUT2D eigenvalue weighted by Crippen LogP contribution is -2.51. The van der Waals surface area contributed by atoms with Gasteiger partial charge in [-0.3, -0.25) is 14.2 Å². The summed E-state index contributed by atoms with van der Waals surface area (Å²) in [5.74, 6) is 5.45. The zero-order valence-corrected chi connectivity index (χ0v) is 22.6. The summed E-state index contributed by atoms with van der Waals surface area (Å²) in [6.45, 7) is 1.70. The summed E-state index contributed by atoms with van der Waals surface area (Å²) in [5.41, 5.74) is 7.39. The normalized spacial score (nSPS) is 18.6. The Morgan fingerprint density at radius 2 is 1.95 bits per heavy atom. The quantitative estimate of drug-likeness (QED) is 0.385. The number of aliphatic imine (C=N–C) groups is 1. The van der Waals surface area contributed by atoms with Crippen molar-refractivity contribution in [1.82, 2.24) is 19.6 Å². The first-order chi connectivity index (χ1) is 19.1. The zero-order chi connectivity index (χ0) is 28.4. The minimum atomic E-state index is -3.40. The number of hydrazone groups is 1. The monoisotopic (exact) mass is 557 g/mol. The maximum absolute atomic E-state index is 14.0. The van der Waals surface area contributed by atoms with Crippen molar-refractivity contribution in [3.05, 3.63) is 88.4 Å². The number of carbonyl (C=O) groups excluding carboxylic acids is 1. The molecule has 0 saturated heterocycles. The number of carbonyl (C=O) groups is 1. The number of hydrogen-bond acceptors (Lipinski definition) is 8. The average Bonchev–Trinajstić information content (AvgIpc) is 3.26. The van der Waals surface area contributed by atoms with Crippen molar-refractivity contribution in [3.63, 3.8) is 0 Å². The van der Waals surface area contributed by atoms with Gasteiger partial charge >= 0.3 is 0 Å². The number of benzene rings is 2. The Bertz CT molecular complexity index is 1800. The second-order valence-corrected chi connectivity index (χ2v) is 11.2. The van der Waals surface area contributed by atoms with Crippen molar-refractivity contribution < 1.29 is 13.2 Å². The number of aromatic nitrogens is 1. The van der Waals surface area contributed by atoms with E-state index in [-0.39, 0.29) is 17.9 Å². The van der Waals surface area contributed by atoms with Crippen LogP contribution in [0.1, 0.15) is 24.2 Å². The highest BCUT2D eigenvalue weighted by atomic mass is 32.2. The third-order valence-electron chi connectivity index (χ3n) is 6.45. The third-order valence-corrected chi connectivity index (χ3v) is 7.12. The van der Waals surface area contributed by atoms with E-state index in [1.807, 2.05) is 24.3 Å². The smallest absolute Gasteiger partial charge is 0.264 e. The lowest BCUT2D eigenvalue weighted by atomic mass is 10.0. The number of allylic oxidation sites excluding steroid dienone is 1. The van der Waals surface area contributed by atoms with E-state index in [4.69, 9.17) is 5.73 Å². The molecule has 12 heteroatoms. The van der Waals surface area contributed by atoms with Crippen LogP contribution in [-0.4, -0.2) is 61.0 Å². The number of rotatable bonds is 6. The Balaban J connectivity index is 1.55. The van der Waals surface area contributed by atoms with Gasteiger partial charge in [0.2, 0.25) is 10.0 Å². The molecular formula is C28H27N7O4S. The number of hydrogen-bond donors (Lipinski definition) is 3. The summed E-state index contributed by atoms with van der Waals surface area (Å²) in [6, 6.07) is 14.7. The molecule has 40 heavy (non-hydrogen) atoms. The molecule has 2 aromatic carbocycles. The van der Waals surface area contributed by atoms with Crippen LogP contribution in [0.5, 0.6) is 0 Å². The van der Waals surface area contributed by atoms with Crippen LogP contribution in [0.4, 0.5) is 0 Å². The number of nitrogens with zero attached hydrogens (tertiary/aromatic N) is 4. The van der Waals surface area contributed by atoms with Gasteiger partial charge in [-0.1, -0.05) is 42.2 Å². The van der Waals surface area contributed by atoms with Crippen molar-refractivity contribution >= 4 is 38.8 Å². The molecule has 3 unspecified atom stereocenters. The van der Waals surface area contributed by atoms with Gasteiger partial charge in [0.05, 0.1) is 24.2 Å². The van der Waals surface area contributed by atoms with Gasteiger partial charge in [0.25, 0.3) is 11.5 Å². The van der Waals surface area contributed by atoms with E-state index in [9.17, 15) is 18.0 Å². The van der Waals surface area contributed by atoms with Crippen LogP contribution in [0.2, 0.25) is 0 Å². The molecule has 3 heterocycles. The number of amidine groups is 1. The summed E-state index contributed by atoms with van der Waals surface area (Å²) in [4.78, 5) is 31.8. The number of amides is 1. The highest BCUT2D eigenvalue weighted by Gasteiger charge is 2.39. The van der Waals surface area contributed by atoms with Crippen molar-refractivity contribution in [2.75, 3.05) is 12.8 Å². The van der Waals surface area contributed by atoms with Crippen LogP contribution in [0.25, 0.3) is 16.5 Å². The van der Waals surface area contributed by atoms with Crippen molar-refractivity contribution in [1.29, 1.82) is 0 Å². The van der Waals surface area contributed by atoms with Gasteiger partial charge in [-0.15, -0.1) is 0 Å². The van der Waals surface area contributed by atoms with Gasteiger partial charge in [-0.05, 0) is 48.7 Å². The van der Waals surface area contributed by atoms with E-state index in [0.29, 0.717) is 27.7 Å². The van der Waals surface area contributed by atoms with Crippen molar-refractivity contribution in [2.45, 2.75) is 25.2 Å². The molecule has 0 fully saturated rings. The van der Waals surface area contributed by atoms with Crippen LogP contribution >= 0.6 is 0 Å². The Labute approximate surface area is 231 Å². The first kappa shape index (κ1) is 26.9. The molecule has 204 valence electrons. The van der Waals surface area contributed by atoms with Gasteiger partial charge in [-0.2, -0.15) is 5.10 Å². The molecule has 0 bridgehead atoms. The van der Waals surface area contributed by atoms with Gasteiger partial charge in [0.1, 0.15) is 5.84 Å². The molecule has 1 aromatic heterocycles. The summed E-state index contributed by atoms with van der Waals surface area (Å²) in [7, 11) is -3.40. The number of para-hydroxylation sites is 1. The molecule has 0 radical (unpaired) electrons. The summed E-state index contributed by atoms with van der Waals surface area (Å²) < 4.78 is 26.6. The predicted octanol–water partition coefficient (Wildman–Crippen LogP) is 0.992. The topological polar surface area (TPSA) is 151 Å². The second kappa shape index (κ2) is 10.8. The van der Waals surface area contributed by atoms with Crippen molar-refractivity contribution in [2.24, 2.45) is 15.8 Å².